The van der Waals surface area contributed by atoms with Crippen molar-refractivity contribution in [1.82, 2.24) is 0 Å². The molecule has 0 bridgehead atoms. The van der Waals surface area contributed by atoms with Gasteiger partial charge in [-0.1, -0.05) is 19.3 Å². The fraction of sp³-hybridized carbons (Fsp3) is 0.588. The summed E-state index contributed by atoms with van der Waals surface area (Å²) < 4.78 is 5.01. The number of methoxy groups -OCH3 is 1. The number of ether oxygens (including phenoxy) is 1. The first-order valence-electron chi connectivity index (χ1n) is 7.93. The molecule has 0 saturated heterocycles. The molecule has 21 heavy (non-hydrogen) atoms. The monoisotopic (exact) mass is 290 g/mol. The fourth-order valence-electron chi connectivity index (χ4n) is 2.73. The number of carbonyl (C=O) groups is 1. The highest BCUT2D eigenvalue weighted by atomic mass is 16.5. The molecule has 1 fully saturated rings. The van der Waals surface area contributed by atoms with E-state index in [0.29, 0.717) is 0 Å². The standard InChI is InChI=1S/C17H26N2O2/c1-21-13-5-12-18-15-8-10-16(11-9-15)19-17(20)14-6-3-2-4-7-14/h8-11,14,18H,2-7,12-13H2,1H3,(H,19,20). The lowest BCUT2D eigenvalue weighted by atomic mass is 9.88. The van der Waals surface area contributed by atoms with Crippen LogP contribution in [0.3, 0.4) is 0 Å². The van der Waals surface area contributed by atoms with Crippen LogP contribution in [0.1, 0.15) is 38.5 Å². The quantitative estimate of drug-likeness (QED) is 0.754. The van der Waals surface area contributed by atoms with Crippen molar-refractivity contribution in [2.45, 2.75) is 38.5 Å². The molecule has 0 heterocycles. The minimum Gasteiger partial charge on any atom is -0.385 e. The predicted molar refractivity (Wildman–Crippen MR) is 86.6 cm³/mol. The predicted octanol–water partition coefficient (Wildman–Crippen LogP) is 3.65. The van der Waals surface area contributed by atoms with Crippen LogP contribution < -0.4 is 10.6 Å². The molecule has 1 aromatic carbocycles. The second-order valence-corrected chi connectivity index (χ2v) is 5.67. The Balaban J connectivity index is 1.77. The third kappa shape index (κ3) is 5.38. The van der Waals surface area contributed by atoms with Crippen molar-refractivity contribution in [3.63, 3.8) is 0 Å². The molecule has 2 N–H and O–H groups in total. The van der Waals surface area contributed by atoms with Gasteiger partial charge in [0.25, 0.3) is 0 Å². The van der Waals surface area contributed by atoms with Gasteiger partial charge < -0.3 is 15.4 Å². The molecule has 116 valence electrons. The van der Waals surface area contributed by atoms with Crippen LogP contribution in [-0.4, -0.2) is 26.2 Å². The fourth-order valence-corrected chi connectivity index (χ4v) is 2.73. The van der Waals surface area contributed by atoms with Gasteiger partial charge in [-0.3, -0.25) is 4.79 Å². The van der Waals surface area contributed by atoms with Crippen molar-refractivity contribution < 1.29 is 9.53 Å². The Kier molecular flexibility index (Phi) is 6.54. The molecule has 0 radical (unpaired) electrons. The molecule has 1 aliphatic carbocycles. The zero-order valence-electron chi connectivity index (χ0n) is 12.9. The van der Waals surface area contributed by atoms with Crippen LogP contribution in [-0.2, 0) is 9.53 Å². The van der Waals surface area contributed by atoms with Gasteiger partial charge in [-0.2, -0.15) is 0 Å². The van der Waals surface area contributed by atoms with E-state index in [0.717, 1.165) is 43.8 Å². The molecule has 1 saturated carbocycles. The number of carbonyl (C=O) groups excluding carboxylic acids is 1. The molecule has 0 unspecified atom stereocenters. The Morgan fingerprint density at radius 3 is 2.48 bits per heavy atom. The first-order chi connectivity index (χ1) is 10.3. The van der Waals surface area contributed by atoms with Gasteiger partial charge in [0.05, 0.1) is 0 Å². The maximum Gasteiger partial charge on any atom is 0.227 e. The molecular weight excluding hydrogens is 264 g/mol. The summed E-state index contributed by atoms with van der Waals surface area (Å²) >= 11 is 0. The lowest BCUT2D eigenvalue weighted by molar-refractivity contribution is -0.120. The summed E-state index contributed by atoms with van der Waals surface area (Å²) in [7, 11) is 1.71. The molecule has 0 aromatic heterocycles. The van der Waals surface area contributed by atoms with Gasteiger partial charge in [0.1, 0.15) is 0 Å². The number of hydrogen-bond acceptors (Lipinski definition) is 3. The summed E-state index contributed by atoms with van der Waals surface area (Å²) in [5.41, 5.74) is 1.95. The number of rotatable bonds is 7. The van der Waals surface area contributed by atoms with Crippen LogP contribution in [0.4, 0.5) is 11.4 Å². The number of anilines is 2. The Morgan fingerprint density at radius 2 is 1.81 bits per heavy atom. The van der Waals surface area contributed by atoms with Crippen LogP contribution in [0.2, 0.25) is 0 Å². The second kappa shape index (κ2) is 8.67. The average molecular weight is 290 g/mol. The second-order valence-electron chi connectivity index (χ2n) is 5.67. The van der Waals surface area contributed by atoms with Crippen molar-refractivity contribution in [2.75, 3.05) is 30.9 Å². The van der Waals surface area contributed by atoms with E-state index in [1.807, 2.05) is 24.3 Å². The zero-order valence-corrected chi connectivity index (χ0v) is 12.9. The van der Waals surface area contributed by atoms with Crippen molar-refractivity contribution in [3.8, 4) is 0 Å². The van der Waals surface area contributed by atoms with Gasteiger partial charge in [0.2, 0.25) is 5.91 Å². The minimum atomic E-state index is 0.176. The van der Waals surface area contributed by atoms with E-state index in [4.69, 9.17) is 4.74 Å². The summed E-state index contributed by atoms with van der Waals surface area (Å²) in [6, 6.07) is 7.92. The molecular formula is C17H26N2O2. The molecule has 1 amide bonds. The number of nitrogens with one attached hydrogen (secondary N) is 2. The van der Waals surface area contributed by atoms with Gasteiger partial charge in [0, 0.05) is 37.6 Å². The highest BCUT2D eigenvalue weighted by Crippen LogP contribution is 2.25. The highest BCUT2D eigenvalue weighted by molar-refractivity contribution is 5.92. The summed E-state index contributed by atoms with van der Waals surface area (Å²) in [6.07, 6.45) is 6.69. The van der Waals surface area contributed by atoms with Crippen molar-refractivity contribution in [2.24, 2.45) is 5.92 Å². The maximum atomic E-state index is 12.2. The smallest absolute Gasteiger partial charge is 0.227 e. The molecule has 2 rings (SSSR count). The Labute approximate surface area is 127 Å². The van der Waals surface area contributed by atoms with E-state index in [9.17, 15) is 4.79 Å². The lowest BCUT2D eigenvalue weighted by Gasteiger charge is -2.20. The van der Waals surface area contributed by atoms with E-state index < -0.39 is 0 Å². The molecule has 1 aliphatic rings. The Bertz CT molecular complexity index is 425. The third-order valence-electron chi connectivity index (χ3n) is 3.98. The average Bonchev–Trinajstić information content (AvgIpc) is 2.54. The topological polar surface area (TPSA) is 50.4 Å². The number of hydrogen-bond donors (Lipinski definition) is 2. The van der Waals surface area contributed by atoms with Gasteiger partial charge >= 0.3 is 0 Å². The minimum absolute atomic E-state index is 0.176. The van der Waals surface area contributed by atoms with Crippen LogP contribution in [0.25, 0.3) is 0 Å². The van der Waals surface area contributed by atoms with Crippen molar-refractivity contribution >= 4 is 17.3 Å². The van der Waals surface area contributed by atoms with E-state index in [1.54, 1.807) is 7.11 Å². The van der Waals surface area contributed by atoms with Crippen LogP contribution in [0.5, 0.6) is 0 Å². The lowest BCUT2D eigenvalue weighted by Crippen LogP contribution is -2.24. The van der Waals surface area contributed by atoms with E-state index in [1.165, 1.54) is 19.3 Å². The van der Waals surface area contributed by atoms with Crippen LogP contribution in [0.15, 0.2) is 24.3 Å². The molecule has 0 spiro atoms. The van der Waals surface area contributed by atoms with Gasteiger partial charge in [-0.25, -0.2) is 0 Å². The first kappa shape index (κ1) is 15.8. The van der Waals surface area contributed by atoms with E-state index in [2.05, 4.69) is 10.6 Å². The Morgan fingerprint density at radius 1 is 1.14 bits per heavy atom. The van der Waals surface area contributed by atoms with E-state index in [-0.39, 0.29) is 11.8 Å². The summed E-state index contributed by atoms with van der Waals surface area (Å²) in [5, 5.41) is 6.36. The molecule has 0 atom stereocenters. The summed E-state index contributed by atoms with van der Waals surface area (Å²) in [4.78, 5) is 12.2. The number of benzene rings is 1. The van der Waals surface area contributed by atoms with Gasteiger partial charge in [0.15, 0.2) is 0 Å². The SMILES string of the molecule is COCCCNc1ccc(NC(=O)C2CCCCC2)cc1. The van der Waals surface area contributed by atoms with Gasteiger partial charge in [-0.15, -0.1) is 0 Å². The Hall–Kier alpha value is -1.55. The van der Waals surface area contributed by atoms with Crippen LogP contribution >= 0.6 is 0 Å². The normalized spacial score (nSPS) is 15.7. The summed E-state index contributed by atoms with van der Waals surface area (Å²) in [6.45, 7) is 1.66. The highest BCUT2D eigenvalue weighted by Gasteiger charge is 2.20. The molecule has 4 nitrogen and oxygen atoms in total. The van der Waals surface area contributed by atoms with Crippen molar-refractivity contribution in [3.05, 3.63) is 24.3 Å². The third-order valence-corrected chi connectivity index (χ3v) is 3.98. The van der Waals surface area contributed by atoms with Crippen LogP contribution in [0, 0.1) is 5.92 Å². The largest absolute Gasteiger partial charge is 0.385 e. The molecule has 4 heteroatoms. The van der Waals surface area contributed by atoms with Crippen molar-refractivity contribution in [1.29, 1.82) is 0 Å². The molecule has 1 aromatic rings. The van der Waals surface area contributed by atoms with Gasteiger partial charge in [-0.05, 0) is 43.5 Å². The number of amides is 1. The summed E-state index contributed by atoms with van der Waals surface area (Å²) in [5.74, 6) is 0.376. The maximum absolute atomic E-state index is 12.2. The molecule has 0 aliphatic heterocycles. The van der Waals surface area contributed by atoms with E-state index >= 15 is 0 Å². The zero-order chi connectivity index (χ0) is 14.9. The first-order valence-corrected chi connectivity index (χ1v) is 7.93.